The second-order valence-electron chi connectivity index (χ2n) is 7.16. The van der Waals surface area contributed by atoms with Gasteiger partial charge in [-0.15, -0.1) is 0 Å². The topological polar surface area (TPSA) is 30.9 Å². The zero-order chi connectivity index (χ0) is 20.5. The molecule has 29 heavy (non-hydrogen) atoms. The van der Waals surface area contributed by atoms with Crippen LogP contribution in [0.2, 0.25) is 0 Å². The van der Waals surface area contributed by atoms with Gasteiger partial charge in [0.15, 0.2) is 11.5 Å². The lowest BCUT2D eigenvalue weighted by Gasteiger charge is -2.30. The molecule has 1 saturated heterocycles. The summed E-state index contributed by atoms with van der Waals surface area (Å²) in [6.45, 7) is 3.34. The second kappa shape index (κ2) is 11.2. The predicted molar refractivity (Wildman–Crippen MR) is 122 cm³/mol. The van der Waals surface area contributed by atoms with Crippen LogP contribution in [0, 0.1) is 0 Å². The maximum absolute atomic E-state index is 5.47. The maximum Gasteiger partial charge on any atom is 0.203 e. The number of piperidine rings is 1. The highest BCUT2D eigenvalue weighted by molar-refractivity contribution is 7.99. The van der Waals surface area contributed by atoms with Crippen LogP contribution in [0.5, 0.6) is 17.2 Å². The largest absolute Gasteiger partial charge is 0.493 e. The predicted octanol–water partition coefficient (Wildman–Crippen LogP) is 5.12. The zero-order valence-electron chi connectivity index (χ0n) is 17.6. The molecule has 0 radical (unpaired) electrons. The van der Waals surface area contributed by atoms with E-state index < -0.39 is 0 Å². The highest BCUT2D eigenvalue weighted by atomic mass is 32.2. The minimum absolute atomic E-state index is 0.653. The van der Waals surface area contributed by atoms with E-state index in [2.05, 4.69) is 59.5 Å². The van der Waals surface area contributed by atoms with Gasteiger partial charge in [-0.25, -0.2) is 0 Å². The number of hydrogen-bond acceptors (Lipinski definition) is 5. The van der Waals surface area contributed by atoms with Crippen LogP contribution in [-0.4, -0.2) is 51.1 Å². The number of thioether (sulfide) groups is 1. The number of ether oxygens (including phenoxy) is 3. The van der Waals surface area contributed by atoms with Crippen molar-refractivity contribution in [2.75, 3.05) is 41.0 Å². The number of rotatable bonds is 9. The number of nitrogens with zero attached hydrogens (tertiary/aromatic N) is 1. The van der Waals surface area contributed by atoms with Crippen LogP contribution < -0.4 is 14.2 Å². The summed E-state index contributed by atoms with van der Waals surface area (Å²) in [5, 5.41) is 0.698. The smallest absolute Gasteiger partial charge is 0.203 e. The SMILES string of the molecule is COc1cc(CSC2CCN(CC=Cc3ccccc3)CC2)cc(OC)c1OC. The van der Waals surface area contributed by atoms with Crippen molar-refractivity contribution >= 4 is 17.8 Å². The molecule has 1 fully saturated rings. The number of benzene rings is 2. The Bertz CT molecular complexity index is 761. The van der Waals surface area contributed by atoms with Gasteiger partial charge in [0.05, 0.1) is 21.3 Å². The van der Waals surface area contributed by atoms with Crippen molar-refractivity contribution in [2.24, 2.45) is 0 Å². The van der Waals surface area contributed by atoms with Crippen molar-refractivity contribution < 1.29 is 14.2 Å². The summed E-state index contributed by atoms with van der Waals surface area (Å²) in [6.07, 6.45) is 6.95. The van der Waals surface area contributed by atoms with Gasteiger partial charge in [0.25, 0.3) is 0 Å². The summed E-state index contributed by atoms with van der Waals surface area (Å²) in [5.74, 6) is 3.06. The Labute approximate surface area is 178 Å². The summed E-state index contributed by atoms with van der Waals surface area (Å²) in [4.78, 5) is 2.54. The normalized spacial score (nSPS) is 15.6. The molecule has 0 saturated carbocycles. The van der Waals surface area contributed by atoms with E-state index in [9.17, 15) is 0 Å². The fraction of sp³-hybridized carbons (Fsp3) is 0.417. The molecule has 0 unspecified atom stereocenters. The average Bonchev–Trinajstić information content (AvgIpc) is 2.78. The molecule has 5 heteroatoms. The Morgan fingerprint density at radius 1 is 0.966 bits per heavy atom. The van der Waals surface area contributed by atoms with E-state index in [4.69, 9.17) is 14.2 Å². The van der Waals surface area contributed by atoms with Crippen LogP contribution >= 0.6 is 11.8 Å². The number of methoxy groups -OCH3 is 3. The van der Waals surface area contributed by atoms with Gasteiger partial charge in [-0.05, 0) is 49.2 Å². The summed E-state index contributed by atoms with van der Waals surface area (Å²) in [5.41, 5.74) is 2.47. The van der Waals surface area contributed by atoms with Gasteiger partial charge < -0.3 is 14.2 Å². The maximum atomic E-state index is 5.47. The quantitative estimate of drug-likeness (QED) is 0.569. The molecule has 1 heterocycles. The number of hydrogen-bond donors (Lipinski definition) is 0. The molecule has 2 aromatic rings. The van der Waals surface area contributed by atoms with Crippen molar-refractivity contribution in [3.05, 3.63) is 59.7 Å². The molecule has 4 nitrogen and oxygen atoms in total. The molecule has 2 aromatic carbocycles. The summed E-state index contributed by atoms with van der Waals surface area (Å²) >= 11 is 2.03. The summed E-state index contributed by atoms with van der Waals surface area (Å²) < 4.78 is 16.3. The van der Waals surface area contributed by atoms with Crippen LogP contribution in [-0.2, 0) is 5.75 Å². The minimum atomic E-state index is 0.653. The highest BCUT2D eigenvalue weighted by Gasteiger charge is 2.20. The van der Waals surface area contributed by atoms with E-state index in [-0.39, 0.29) is 0 Å². The monoisotopic (exact) mass is 413 g/mol. The molecule has 0 spiro atoms. The third kappa shape index (κ3) is 6.18. The van der Waals surface area contributed by atoms with Crippen molar-refractivity contribution in [2.45, 2.75) is 23.8 Å². The first-order chi connectivity index (χ1) is 14.2. The zero-order valence-corrected chi connectivity index (χ0v) is 18.4. The first kappa shape index (κ1) is 21.6. The van der Waals surface area contributed by atoms with Gasteiger partial charge in [-0.2, -0.15) is 11.8 Å². The number of likely N-dealkylation sites (tertiary alicyclic amines) is 1. The van der Waals surface area contributed by atoms with Gasteiger partial charge in [0, 0.05) is 17.5 Å². The van der Waals surface area contributed by atoms with E-state index in [0.29, 0.717) is 11.0 Å². The lowest BCUT2D eigenvalue weighted by Crippen LogP contribution is -2.34. The van der Waals surface area contributed by atoms with Gasteiger partial charge in [0.1, 0.15) is 0 Å². The molecule has 3 rings (SSSR count). The molecule has 0 aliphatic carbocycles. The van der Waals surface area contributed by atoms with E-state index in [1.54, 1.807) is 21.3 Å². The third-order valence-electron chi connectivity index (χ3n) is 5.22. The van der Waals surface area contributed by atoms with E-state index in [1.165, 1.54) is 24.0 Å². The molecule has 1 aliphatic heterocycles. The molecule has 156 valence electrons. The van der Waals surface area contributed by atoms with Gasteiger partial charge in [-0.1, -0.05) is 42.5 Å². The standard InChI is InChI=1S/C24H31NO3S/c1-26-22-16-20(17-23(27-2)24(22)28-3)18-29-21-11-14-25(15-12-21)13-7-10-19-8-5-4-6-9-19/h4-10,16-17,21H,11-15,18H2,1-3H3. The van der Waals surface area contributed by atoms with Crippen LogP contribution in [0.15, 0.2) is 48.5 Å². The molecule has 0 atom stereocenters. The molecular formula is C24H31NO3S. The lowest BCUT2D eigenvalue weighted by molar-refractivity contribution is 0.256. The Kier molecular flexibility index (Phi) is 8.32. The Morgan fingerprint density at radius 3 is 2.21 bits per heavy atom. The van der Waals surface area contributed by atoms with Crippen molar-refractivity contribution in [1.29, 1.82) is 0 Å². The molecule has 0 bridgehead atoms. The average molecular weight is 414 g/mol. The Balaban J connectivity index is 1.46. The molecule has 0 amide bonds. The van der Waals surface area contributed by atoms with Crippen LogP contribution in [0.4, 0.5) is 0 Å². The van der Waals surface area contributed by atoms with Gasteiger partial charge >= 0.3 is 0 Å². The third-order valence-corrected chi connectivity index (χ3v) is 6.66. The summed E-state index contributed by atoms with van der Waals surface area (Å²) in [6, 6.07) is 14.6. The highest BCUT2D eigenvalue weighted by Crippen LogP contribution is 2.39. The fourth-order valence-electron chi connectivity index (χ4n) is 3.59. The van der Waals surface area contributed by atoms with Crippen molar-refractivity contribution in [3.8, 4) is 17.2 Å². The Hall–Kier alpha value is -2.11. The first-order valence-electron chi connectivity index (χ1n) is 10.1. The summed E-state index contributed by atoms with van der Waals surface area (Å²) in [7, 11) is 4.96. The molecular weight excluding hydrogens is 382 g/mol. The van der Waals surface area contributed by atoms with Gasteiger partial charge in [0.2, 0.25) is 5.75 Å². The van der Waals surface area contributed by atoms with Crippen molar-refractivity contribution in [3.63, 3.8) is 0 Å². The van der Waals surface area contributed by atoms with E-state index in [1.807, 2.05) is 11.8 Å². The molecule has 1 aliphatic rings. The lowest BCUT2D eigenvalue weighted by atomic mass is 10.1. The Morgan fingerprint density at radius 2 is 1.62 bits per heavy atom. The fourth-order valence-corrected chi connectivity index (χ4v) is 4.73. The minimum Gasteiger partial charge on any atom is -0.493 e. The van der Waals surface area contributed by atoms with Crippen LogP contribution in [0.1, 0.15) is 24.0 Å². The second-order valence-corrected chi connectivity index (χ2v) is 8.45. The van der Waals surface area contributed by atoms with E-state index in [0.717, 1.165) is 36.9 Å². The first-order valence-corrected chi connectivity index (χ1v) is 11.1. The molecule has 0 N–H and O–H groups in total. The van der Waals surface area contributed by atoms with Crippen molar-refractivity contribution in [1.82, 2.24) is 4.90 Å². The van der Waals surface area contributed by atoms with E-state index >= 15 is 0 Å². The molecule has 0 aromatic heterocycles. The van der Waals surface area contributed by atoms with Crippen LogP contribution in [0.3, 0.4) is 0 Å². The van der Waals surface area contributed by atoms with Gasteiger partial charge in [-0.3, -0.25) is 4.90 Å². The van der Waals surface area contributed by atoms with Crippen LogP contribution in [0.25, 0.3) is 6.08 Å².